The number of carbonyl (C=O) groups is 1. The van der Waals surface area contributed by atoms with E-state index in [0.29, 0.717) is 24.3 Å². The quantitative estimate of drug-likeness (QED) is 0.597. The molecule has 2 N–H and O–H groups in total. The second-order valence-electron chi connectivity index (χ2n) is 6.41. The van der Waals surface area contributed by atoms with E-state index >= 15 is 0 Å². The van der Waals surface area contributed by atoms with Crippen LogP contribution in [0.5, 0.6) is 0 Å². The first-order valence-electron chi connectivity index (χ1n) is 8.67. The lowest BCUT2D eigenvalue weighted by Gasteiger charge is -2.29. The first-order chi connectivity index (χ1) is 13.4. The minimum Gasteiger partial charge on any atom is -0.363 e. The molecule has 146 valence electrons. The number of hydrogen-bond acceptors (Lipinski definition) is 7. The first-order valence-corrected chi connectivity index (χ1v) is 8.67. The molecule has 1 saturated heterocycles. The first kappa shape index (κ1) is 19.2. The van der Waals surface area contributed by atoms with E-state index in [2.05, 4.69) is 10.6 Å². The molecule has 0 aliphatic carbocycles. The Balaban J connectivity index is 1.83. The normalized spacial score (nSPS) is 13.8. The van der Waals surface area contributed by atoms with Crippen molar-refractivity contribution in [2.24, 2.45) is 0 Å². The Hall–Kier alpha value is -3.53. The predicted octanol–water partition coefficient (Wildman–Crippen LogP) is 2.47. The van der Waals surface area contributed by atoms with Crippen LogP contribution < -0.4 is 15.5 Å². The summed E-state index contributed by atoms with van der Waals surface area (Å²) in [5, 5.41) is 28.2. The Morgan fingerprint density at radius 2 is 1.71 bits per heavy atom. The number of nitrogens with zero attached hydrogens (tertiary/aromatic N) is 3. The number of benzene rings is 2. The molecule has 2 aromatic carbocycles. The van der Waals surface area contributed by atoms with Crippen molar-refractivity contribution < 1.29 is 14.6 Å². The van der Waals surface area contributed by atoms with E-state index in [-0.39, 0.29) is 22.6 Å². The highest BCUT2D eigenvalue weighted by Gasteiger charge is 2.22. The Kier molecular flexibility index (Phi) is 5.50. The van der Waals surface area contributed by atoms with Gasteiger partial charge in [0.15, 0.2) is 0 Å². The molecule has 3 rings (SSSR count). The lowest BCUT2D eigenvalue weighted by molar-refractivity contribution is -0.385. The molecule has 0 aromatic heterocycles. The summed E-state index contributed by atoms with van der Waals surface area (Å²) in [5.74, 6) is -0.498. The zero-order valence-corrected chi connectivity index (χ0v) is 15.2. The van der Waals surface area contributed by atoms with Gasteiger partial charge in [-0.3, -0.25) is 25.0 Å². The van der Waals surface area contributed by atoms with E-state index in [1.165, 1.54) is 24.3 Å². The van der Waals surface area contributed by atoms with Gasteiger partial charge in [-0.25, -0.2) is 0 Å². The molecule has 1 heterocycles. The molecule has 0 bridgehead atoms. The highest BCUT2D eigenvalue weighted by atomic mass is 16.6. The van der Waals surface area contributed by atoms with Gasteiger partial charge in [-0.1, -0.05) is 0 Å². The molecule has 1 amide bonds. The molecule has 1 fully saturated rings. The number of rotatable bonds is 5. The number of carbonyl (C=O) groups excluding carboxylic acids is 1. The molecule has 0 saturated carbocycles. The molecular weight excluding hydrogens is 366 g/mol. The summed E-state index contributed by atoms with van der Waals surface area (Å²) in [6, 6.07) is 8.59. The maximum Gasteiger partial charge on any atom is 0.294 e. The van der Waals surface area contributed by atoms with Gasteiger partial charge in [-0.15, -0.1) is 0 Å². The van der Waals surface area contributed by atoms with Gasteiger partial charge in [0.2, 0.25) is 0 Å². The van der Waals surface area contributed by atoms with Crippen LogP contribution in [0.4, 0.5) is 22.7 Å². The number of piperazine rings is 1. The minimum atomic E-state index is -0.519. The molecule has 10 heteroatoms. The van der Waals surface area contributed by atoms with Gasteiger partial charge in [-0.05, 0) is 31.2 Å². The largest absolute Gasteiger partial charge is 0.363 e. The number of amides is 1. The summed E-state index contributed by atoms with van der Waals surface area (Å²) in [6.45, 7) is 4.36. The van der Waals surface area contributed by atoms with Crippen LogP contribution in [0, 0.1) is 27.2 Å². The van der Waals surface area contributed by atoms with E-state index in [4.69, 9.17) is 0 Å². The topological polar surface area (TPSA) is 131 Å². The van der Waals surface area contributed by atoms with Crippen molar-refractivity contribution in [3.63, 3.8) is 0 Å². The van der Waals surface area contributed by atoms with Crippen molar-refractivity contribution in [2.75, 3.05) is 36.4 Å². The number of nitro groups is 2. The monoisotopic (exact) mass is 385 g/mol. The third kappa shape index (κ3) is 4.07. The van der Waals surface area contributed by atoms with Gasteiger partial charge in [0, 0.05) is 55.1 Å². The van der Waals surface area contributed by atoms with Crippen LogP contribution in [0.15, 0.2) is 36.4 Å². The maximum absolute atomic E-state index is 12.4. The molecule has 0 spiro atoms. The fourth-order valence-corrected chi connectivity index (χ4v) is 3.13. The van der Waals surface area contributed by atoms with Gasteiger partial charge >= 0.3 is 0 Å². The molecule has 0 unspecified atom stereocenters. The van der Waals surface area contributed by atoms with Crippen molar-refractivity contribution in [3.8, 4) is 0 Å². The van der Waals surface area contributed by atoms with Gasteiger partial charge in [0.1, 0.15) is 5.69 Å². The summed E-state index contributed by atoms with van der Waals surface area (Å²) in [7, 11) is 0. The van der Waals surface area contributed by atoms with Gasteiger partial charge in [0.05, 0.1) is 9.85 Å². The zero-order chi connectivity index (χ0) is 20.3. The SMILES string of the molecule is Cc1cc(C(=O)Nc2ccc(N3CCNCC3)c([N+](=O)[O-])c2)ccc1[N+](=O)[O-]. The van der Waals surface area contributed by atoms with Crippen LogP contribution in [0.25, 0.3) is 0 Å². The van der Waals surface area contributed by atoms with Crippen LogP contribution in [-0.4, -0.2) is 41.9 Å². The molecule has 0 atom stereocenters. The van der Waals surface area contributed by atoms with E-state index < -0.39 is 15.8 Å². The van der Waals surface area contributed by atoms with Crippen LogP contribution in [0.3, 0.4) is 0 Å². The summed E-state index contributed by atoms with van der Waals surface area (Å²) in [4.78, 5) is 35.8. The lowest BCUT2D eigenvalue weighted by Crippen LogP contribution is -2.43. The van der Waals surface area contributed by atoms with E-state index in [1.54, 1.807) is 19.1 Å². The van der Waals surface area contributed by atoms with Crippen LogP contribution >= 0.6 is 0 Å². The van der Waals surface area contributed by atoms with Crippen molar-refractivity contribution in [3.05, 3.63) is 67.8 Å². The van der Waals surface area contributed by atoms with Gasteiger partial charge in [-0.2, -0.15) is 0 Å². The van der Waals surface area contributed by atoms with Crippen LogP contribution in [0.1, 0.15) is 15.9 Å². The van der Waals surface area contributed by atoms with Crippen molar-refractivity contribution in [1.29, 1.82) is 0 Å². The van der Waals surface area contributed by atoms with E-state index in [0.717, 1.165) is 13.1 Å². The average Bonchev–Trinajstić information content (AvgIpc) is 2.68. The number of nitrogens with one attached hydrogen (secondary N) is 2. The Bertz CT molecular complexity index is 940. The van der Waals surface area contributed by atoms with Crippen molar-refractivity contribution in [2.45, 2.75) is 6.92 Å². The fraction of sp³-hybridized carbons (Fsp3) is 0.278. The zero-order valence-electron chi connectivity index (χ0n) is 15.2. The number of nitro benzene ring substituents is 2. The Morgan fingerprint density at radius 3 is 2.32 bits per heavy atom. The molecule has 0 radical (unpaired) electrons. The number of anilines is 2. The van der Waals surface area contributed by atoms with E-state index in [1.807, 2.05) is 4.90 Å². The predicted molar refractivity (Wildman–Crippen MR) is 104 cm³/mol. The average molecular weight is 385 g/mol. The van der Waals surface area contributed by atoms with Crippen LogP contribution in [-0.2, 0) is 0 Å². The molecular formula is C18H19N5O5. The Morgan fingerprint density at radius 1 is 1.04 bits per heavy atom. The lowest BCUT2D eigenvalue weighted by atomic mass is 10.1. The minimum absolute atomic E-state index is 0.0763. The van der Waals surface area contributed by atoms with Gasteiger partial charge in [0.25, 0.3) is 17.3 Å². The molecule has 28 heavy (non-hydrogen) atoms. The summed E-state index contributed by atoms with van der Waals surface area (Å²) >= 11 is 0. The molecule has 1 aliphatic rings. The highest BCUT2D eigenvalue weighted by molar-refractivity contribution is 6.04. The van der Waals surface area contributed by atoms with Gasteiger partial charge < -0.3 is 15.5 Å². The smallest absolute Gasteiger partial charge is 0.294 e. The summed E-state index contributed by atoms with van der Waals surface area (Å²) < 4.78 is 0. The van der Waals surface area contributed by atoms with E-state index in [9.17, 15) is 25.0 Å². The summed E-state index contributed by atoms with van der Waals surface area (Å²) in [5.41, 5.74) is 1.23. The highest BCUT2D eigenvalue weighted by Crippen LogP contribution is 2.31. The molecule has 1 aliphatic heterocycles. The third-order valence-corrected chi connectivity index (χ3v) is 4.54. The van der Waals surface area contributed by atoms with Crippen molar-refractivity contribution in [1.82, 2.24) is 5.32 Å². The molecule has 10 nitrogen and oxygen atoms in total. The maximum atomic E-state index is 12.4. The second kappa shape index (κ2) is 8.01. The third-order valence-electron chi connectivity index (χ3n) is 4.54. The Labute approximate surface area is 160 Å². The standard InChI is InChI=1S/C18H19N5O5/c1-12-10-13(2-4-15(12)22(25)26)18(24)20-14-3-5-16(17(11-14)23(27)28)21-8-6-19-7-9-21/h2-5,10-11,19H,6-9H2,1H3,(H,20,24). The van der Waals surface area contributed by atoms with Crippen LogP contribution in [0.2, 0.25) is 0 Å². The summed E-state index contributed by atoms with van der Waals surface area (Å²) in [6.07, 6.45) is 0. The second-order valence-corrected chi connectivity index (χ2v) is 6.41. The molecule has 2 aromatic rings. The fourth-order valence-electron chi connectivity index (χ4n) is 3.13. The van der Waals surface area contributed by atoms with Crippen molar-refractivity contribution >= 4 is 28.7 Å². The number of aryl methyl sites for hydroxylation is 1. The number of hydrogen-bond donors (Lipinski definition) is 2.